The van der Waals surface area contributed by atoms with Crippen molar-refractivity contribution in [1.29, 1.82) is 0 Å². The molecule has 0 aromatic carbocycles. The molecule has 6 heteroatoms. The maximum atomic E-state index is 4.84. The predicted molar refractivity (Wildman–Crippen MR) is 60.2 cm³/mol. The first kappa shape index (κ1) is 10.3. The molecule has 0 atom stereocenters. The van der Waals surface area contributed by atoms with E-state index < -0.39 is 0 Å². The van der Waals surface area contributed by atoms with E-state index in [2.05, 4.69) is 25.7 Å². The fourth-order valence-electron chi connectivity index (χ4n) is 1.18. The van der Waals surface area contributed by atoms with Gasteiger partial charge in [0.25, 0.3) is 0 Å². The summed E-state index contributed by atoms with van der Waals surface area (Å²) in [6.07, 6.45) is 6.65. The molecule has 2 aromatic heterocycles. The van der Waals surface area contributed by atoms with Crippen molar-refractivity contribution in [3.63, 3.8) is 0 Å². The Bertz CT molecular complexity index is 448. The number of hydrogen-bond acceptors (Lipinski definition) is 6. The molecule has 0 amide bonds. The van der Waals surface area contributed by atoms with Gasteiger partial charge in [-0.2, -0.15) is 0 Å². The molecule has 0 aliphatic heterocycles. The lowest BCUT2D eigenvalue weighted by Crippen LogP contribution is -2.02. The van der Waals surface area contributed by atoms with Crippen LogP contribution in [-0.4, -0.2) is 22.1 Å². The smallest absolute Gasteiger partial charge is 0.227 e. The van der Waals surface area contributed by atoms with Crippen molar-refractivity contribution in [1.82, 2.24) is 15.0 Å². The standard InChI is InChI=1S/C10H11N5O/c1-16-15-9-7-11-6-3-8(9)14-10-12-4-2-5-13-10/h2-7,15H,1H3,(H,11,12,13,14). The highest BCUT2D eigenvalue weighted by Crippen LogP contribution is 2.21. The van der Waals surface area contributed by atoms with E-state index in [1.807, 2.05) is 0 Å². The maximum absolute atomic E-state index is 4.84. The van der Waals surface area contributed by atoms with Gasteiger partial charge < -0.3 is 5.32 Å². The van der Waals surface area contributed by atoms with E-state index in [4.69, 9.17) is 4.84 Å². The van der Waals surface area contributed by atoms with Crippen LogP contribution in [0, 0.1) is 0 Å². The number of nitrogens with one attached hydrogen (secondary N) is 2. The zero-order valence-corrected chi connectivity index (χ0v) is 8.71. The Morgan fingerprint density at radius 2 is 1.94 bits per heavy atom. The van der Waals surface area contributed by atoms with E-state index in [0.717, 1.165) is 11.4 Å². The zero-order valence-electron chi connectivity index (χ0n) is 8.71. The molecule has 2 N–H and O–H groups in total. The highest BCUT2D eigenvalue weighted by Gasteiger charge is 2.02. The van der Waals surface area contributed by atoms with Crippen molar-refractivity contribution in [2.45, 2.75) is 0 Å². The quantitative estimate of drug-likeness (QED) is 0.758. The molecule has 2 heterocycles. The van der Waals surface area contributed by atoms with Crippen LogP contribution in [0.1, 0.15) is 0 Å². The van der Waals surface area contributed by atoms with Crippen molar-refractivity contribution in [2.75, 3.05) is 17.9 Å². The number of anilines is 3. The van der Waals surface area contributed by atoms with Crippen LogP contribution in [0.15, 0.2) is 36.9 Å². The predicted octanol–water partition coefficient (Wildman–Crippen LogP) is 1.59. The minimum atomic E-state index is 0.521. The Balaban J connectivity index is 2.21. The summed E-state index contributed by atoms with van der Waals surface area (Å²) in [5.41, 5.74) is 4.23. The molecule has 0 unspecified atom stereocenters. The van der Waals surface area contributed by atoms with Crippen LogP contribution in [0.25, 0.3) is 0 Å². The van der Waals surface area contributed by atoms with E-state index in [1.165, 1.54) is 7.11 Å². The van der Waals surface area contributed by atoms with Gasteiger partial charge in [-0.3, -0.25) is 15.3 Å². The number of rotatable bonds is 4. The second-order valence-corrected chi connectivity index (χ2v) is 2.92. The molecule has 0 aliphatic carbocycles. The third kappa shape index (κ3) is 2.43. The molecule has 2 rings (SSSR count). The van der Waals surface area contributed by atoms with Crippen molar-refractivity contribution in [3.05, 3.63) is 36.9 Å². The van der Waals surface area contributed by atoms with Gasteiger partial charge in [0.2, 0.25) is 5.95 Å². The summed E-state index contributed by atoms with van der Waals surface area (Å²) in [7, 11) is 1.54. The molecule has 2 aromatic rings. The van der Waals surface area contributed by atoms with Crippen LogP contribution in [0.5, 0.6) is 0 Å². The SMILES string of the molecule is CONc1cnccc1Nc1ncccn1. The van der Waals surface area contributed by atoms with Gasteiger partial charge in [0.05, 0.1) is 19.0 Å². The van der Waals surface area contributed by atoms with E-state index in [9.17, 15) is 0 Å². The summed E-state index contributed by atoms with van der Waals surface area (Å²) >= 11 is 0. The van der Waals surface area contributed by atoms with E-state index in [0.29, 0.717) is 5.95 Å². The molecular weight excluding hydrogens is 206 g/mol. The third-order valence-electron chi connectivity index (χ3n) is 1.85. The van der Waals surface area contributed by atoms with Crippen molar-refractivity contribution < 1.29 is 4.84 Å². The fourth-order valence-corrected chi connectivity index (χ4v) is 1.18. The Morgan fingerprint density at radius 3 is 2.69 bits per heavy atom. The lowest BCUT2D eigenvalue weighted by atomic mass is 10.3. The molecule has 0 saturated carbocycles. The van der Waals surface area contributed by atoms with E-state index in [1.54, 1.807) is 36.9 Å². The number of aromatic nitrogens is 3. The van der Waals surface area contributed by atoms with Gasteiger partial charge in [0.15, 0.2) is 0 Å². The van der Waals surface area contributed by atoms with Gasteiger partial charge in [0.1, 0.15) is 5.69 Å². The summed E-state index contributed by atoms with van der Waals surface area (Å²) in [5.74, 6) is 0.521. The Morgan fingerprint density at radius 1 is 1.12 bits per heavy atom. The number of pyridine rings is 1. The lowest BCUT2D eigenvalue weighted by molar-refractivity contribution is 0.271. The topological polar surface area (TPSA) is 72.0 Å². The summed E-state index contributed by atoms with van der Waals surface area (Å²) in [6, 6.07) is 3.56. The molecule has 6 nitrogen and oxygen atoms in total. The fraction of sp³-hybridized carbons (Fsp3) is 0.100. The van der Waals surface area contributed by atoms with Crippen molar-refractivity contribution >= 4 is 17.3 Å². The van der Waals surface area contributed by atoms with Gasteiger partial charge in [0, 0.05) is 18.6 Å². The summed E-state index contributed by atoms with van der Waals surface area (Å²) in [4.78, 5) is 16.9. The minimum Gasteiger partial charge on any atom is -0.322 e. The molecule has 0 aliphatic rings. The molecule has 0 radical (unpaired) electrons. The average molecular weight is 217 g/mol. The zero-order chi connectivity index (χ0) is 11.2. The van der Waals surface area contributed by atoms with Gasteiger partial charge in [-0.15, -0.1) is 0 Å². The molecule has 0 fully saturated rings. The monoisotopic (exact) mass is 217 g/mol. The van der Waals surface area contributed by atoms with Gasteiger partial charge in [-0.05, 0) is 12.1 Å². The first-order valence-electron chi connectivity index (χ1n) is 4.67. The highest BCUT2D eigenvalue weighted by atomic mass is 16.6. The first-order valence-corrected chi connectivity index (χ1v) is 4.67. The number of hydrogen-bond donors (Lipinski definition) is 2. The first-order chi connectivity index (χ1) is 7.90. The van der Waals surface area contributed by atoms with Crippen LogP contribution >= 0.6 is 0 Å². The Hall–Kier alpha value is -2.21. The van der Waals surface area contributed by atoms with Gasteiger partial charge in [-0.1, -0.05) is 0 Å². The van der Waals surface area contributed by atoms with Crippen LogP contribution in [0.3, 0.4) is 0 Å². The highest BCUT2D eigenvalue weighted by molar-refractivity contribution is 5.70. The van der Waals surface area contributed by atoms with Gasteiger partial charge in [-0.25, -0.2) is 9.97 Å². The maximum Gasteiger partial charge on any atom is 0.227 e. The molecule has 0 spiro atoms. The van der Waals surface area contributed by atoms with Gasteiger partial charge >= 0.3 is 0 Å². The minimum absolute atomic E-state index is 0.521. The second-order valence-electron chi connectivity index (χ2n) is 2.92. The molecular formula is C10H11N5O. The second kappa shape index (κ2) is 5.04. The molecule has 82 valence electrons. The molecule has 0 bridgehead atoms. The normalized spacial score (nSPS) is 9.81. The van der Waals surface area contributed by atoms with Crippen LogP contribution in [-0.2, 0) is 4.84 Å². The van der Waals surface area contributed by atoms with Crippen LogP contribution in [0.2, 0.25) is 0 Å². The van der Waals surface area contributed by atoms with Crippen molar-refractivity contribution in [2.24, 2.45) is 0 Å². The summed E-state index contributed by atoms with van der Waals surface area (Å²) < 4.78 is 0. The largest absolute Gasteiger partial charge is 0.322 e. The van der Waals surface area contributed by atoms with Crippen LogP contribution in [0.4, 0.5) is 17.3 Å². The van der Waals surface area contributed by atoms with Crippen LogP contribution < -0.4 is 10.8 Å². The molecule has 0 saturated heterocycles. The van der Waals surface area contributed by atoms with E-state index in [-0.39, 0.29) is 0 Å². The summed E-state index contributed by atoms with van der Waals surface area (Å²) in [5, 5.41) is 3.05. The molecule has 16 heavy (non-hydrogen) atoms. The van der Waals surface area contributed by atoms with Crippen molar-refractivity contribution in [3.8, 4) is 0 Å². The Labute approximate surface area is 92.7 Å². The van der Waals surface area contributed by atoms with E-state index >= 15 is 0 Å². The average Bonchev–Trinajstić information content (AvgIpc) is 2.33. The number of nitrogens with zero attached hydrogens (tertiary/aromatic N) is 3. The summed E-state index contributed by atoms with van der Waals surface area (Å²) in [6.45, 7) is 0. The lowest BCUT2D eigenvalue weighted by Gasteiger charge is -2.10. The Kier molecular flexibility index (Phi) is 3.25. The third-order valence-corrected chi connectivity index (χ3v) is 1.85.